The number of hydrogen-bond donors (Lipinski definition) is 0. The summed E-state index contributed by atoms with van der Waals surface area (Å²) in [7, 11) is 7.37. The van der Waals surface area contributed by atoms with Crippen LogP contribution in [0.3, 0.4) is 0 Å². The zero-order valence-electron chi connectivity index (χ0n) is 6.79. The maximum Gasteiger partial charge on any atom is 0.211 e. The van der Waals surface area contributed by atoms with E-state index >= 15 is 0 Å². The van der Waals surface area contributed by atoms with Crippen LogP contribution >= 0.6 is 0 Å². The Labute approximate surface area is 61.4 Å². The van der Waals surface area contributed by atoms with Gasteiger partial charge in [-0.3, -0.25) is 0 Å². The highest BCUT2D eigenvalue weighted by Gasteiger charge is 2.01. The first-order chi connectivity index (χ1) is 4.59. The van der Waals surface area contributed by atoms with Crippen LogP contribution in [0.4, 0.5) is 0 Å². The Morgan fingerprint density at radius 2 is 1.60 bits per heavy atom. The average molecular weight is 140 g/mol. The van der Waals surface area contributed by atoms with Gasteiger partial charge in [-0.25, -0.2) is 0 Å². The largest absolute Gasteiger partial charge is 0.348 e. The number of guanidine groups is 1. The van der Waals surface area contributed by atoms with E-state index in [1.807, 2.05) is 28.2 Å². The molecule has 0 N–H and O–H groups in total. The van der Waals surface area contributed by atoms with Gasteiger partial charge in [0.15, 0.2) is 0 Å². The van der Waals surface area contributed by atoms with Gasteiger partial charge in [-0.15, -0.1) is 4.99 Å². The van der Waals surface area contributed by atoms with Crippen LogP contribution in [0.25, 0.3) is 0 Å². The number of nitrogens with zero attached hydrogens (tertiary/aromatic N) is 4. The molecule has 0 aliphatic carbocycles. The molecule has 4 heteroatoms. The fraction of sp³-hybridized carbons (Fsp3) is 0.667. The van der Waals surface area contributed by atoms with E-state index in [0.29, 0.717) is 5.96 Å². The van der Waals surface area contributed by atoms with Gasteiger partial charge in [-0.05, 0) is 0 Å². The van der Waals surface area contributed by atoms with Gasteiger partial charge in [-0.1, -0.05) is 0 Å². The molecule has 0 unspecified atom stereocenters. The summed E-state index contributed by atoms with van der Waals surface area (Å²) in [5.41, 5.74) is 0. The zero-order chi connectivity index (χ0) is 8.15. The van der Waals surface area contributed by atoms with E-state index in [0.717, 1.165) is 0 Å². The molecular weight excluding hydrogens is 128 g/mol. The number of aliphatic imine (C=N–C) groups is 1. The molecule has 4 nitrogen and oxygen atoms in total. The summed E-state index contributed by atoms with van der Waals surface area (Å²) in [6, 6.07) is 0. The van der Waals surface area contributed by atoms with Crippen molar-refractivity contribution in [2.45, 2.75) is 0 Å². The lowest BCUT2D eigenvalue weighted by Gasteiger charge is -2.20. The summed E-state index contributed by atoms with van der Waals surface area (Å²) < 4.78 is 0. The van der Waals surface area contributed by atoms with Gasteiger partial charge in [0.05, 0.1) is 0 Å². The smallest absolute Gasteiger partial charge is 0.211 e. The second kappa shape index (κ2) is 3.72. The lowest BCUT2D eigenvalue weighted by atomic mass is 10.7. The lowest BCUT2D eigenvalue weighted by Crippen LogP contribution is -2.35. The molecule has 0 fully saturated rings. The molecule has 0 bridgehead atoms. The SMILES string of the molecule is CN(C)C(=NC#N)N(C)C. The highest BCUT2D eigenvalue weighted by molar-refractivity contribution is 5.79. The second-order valence-corrected chi connectivity index (χ2v) is 2.30. The monoisotopic (exact) mass is 140 g/mol. The Morgan fingerprint density at radius 1 is 1.20 bits per heavy atom. The summed E-state index contributed by atoms with van der Waals surface area (Å²) in [6.07, 6.45) is 1.74. The average Bonchev–Trinajstić information content (AvgIpc) is 1.81. The van der Waals surface area contributed by atoms with Crippen molar-refractivity contribution < 1.29 is 0 Å². The summed E-state index contributed by atoms with van der Waals surface area (Å²) in [6.45, 7) is 0. The Kier molecular flexibility index (Phi) is 3.26. The third kappa shape index (κ3) is 2.35. The molecule has 0 saturated heterocycles. The minimum absolute atomic E-state index is 0.655. The third-order valence-electron chi connectivity index (χ3n) is 0.950. The normalized spacial score (nSPS) is 7.90. The molecule has 0 spiro atoms. The van der Waals surface area contributed by atoms with Crippen molar-refractivity contribution in [2.75, 3.05) is 28.2 Å². The Balaban J connectivity index is 4.30. The molecule has 0 aliphatic rings. The third-order valence-corrected chi connectivity index (χ3v) is 0.950. The van der Waals surface area contributed by atoms with Crippen molar-refractivity contribution in [3.05, 3.63) is 0 Å². The zero-order valence-corrected chi connectivity index (χ0v) is 6.79. The fourth-order valence-corrected chi connectivity index (χ4v) is 0.645. The molecule has 56 valence electrons. The first-order valence-corrected chi connectivity index (χ1v) is 2.91. The van der Waals surface area contributed by atoms with Crippen molar-refractivity contribution in [3.63, 3.8) is 0 Å². The predicted molar refractivity (Wildman–Crippen MR) is 40.4 cm³/mol. The second-order valence-electron chi connectivity index (χ2n) is 2.30. The van der Waals surface area contributed by atoms with Gasteiger partial charge in [0.2, 0.25) is 12.2 Å². The van der Waals surface area contributed by atoms with Crippen molar-refractivity contribution in [1.29, 1.82) is 5.26 Å². The van der Waals surface area contributed by atoms with Crippen LogP contribution in [0.5, 0.6) is 0 Å². The molecule has 0 radical (unpaired) electrons. The first-order valence-electron chi connectivity index (χ1n) is 2.91. The molecular formula is C6H12N4. The number of nitriles is 1. The quantitative estimate of drug-likeness (QED) is 0.269. The summed E-state index contributed by atoms with van der Waals surface area (Å²) in [5.74, 6) is 0.655. The van der Waals surface area contributed by atoms with E-state index < -0.39 is 0 Å². The lowest BCUT2D eigenvalue weighted by molar-refractivity contribution is 0.484. The van der Waals surface area contributed by atoms with Crippen molar-refractivity contribution >= 4 is 5.96 Å². The van der Waals surface area contributed by atoms with E-state index in [4.69, 9.17) is 5.26 Å². The van der Waals surface area contributed by atoms with Crippen molar-refractivity contribution in [3.8, 4) is 6.19 Å². The number of hydrogen-bond acceptors (Lipinski definition) is 2. The molecule has 10 heavy (non-hydrogen) atoms. The Morgan fingerprint density at radius 3 is 1.70 bits per heavy atom. The molecule has 0 heterocycles. The summed E-state index contributed by atoms with van der Waals surface area (Å²) in [5, 5.41) is 8.24. The van der Waals surface area contributed by atoms with E-state index in [9.17, 15) is 0 Å². The summed E-state index contributed by atoms with van der Waals surface area (Å²) >= 11 is 0. The highest BCUT2D eigenvalue weighted by Crippen LogP contribution is 1.86. The van der Waals surface area contributed by atoms with E-state index in [-0.39, 0.29) is 0 Å². The van der Waals surface area contributed by atoms with Gasteiger partial charge in [-0.2, -0.15) is 5.26 Å². The van der Waals surface area contributed by atoms with Crippen molar-refractivity contribution in [1.82, 2.24) is 9.80 Å². The molecule has 0 amide bonds. The molecule has 0 aromatic rings. The molecule has 0 aliphatic heterocycles. The van der Waals surface area contributed by atoms with Crippen LogP contribution in [-0.4, -0.2) is 44.0 Å². The van der Waals surface area contributed by atoms with E-state index in [2.05, 4.69) is 4.99 Å². The standard InChI is InChI=1S/C6H12N4/c1-9(2)6(8-5-7)10(3)4/h1-4H3. The maximum atomic E-state index is 8.24. The minimum Gasteiger partial charge on any atom is -0.348 e. The predicted octanol–water partition coefficient (Wildman–Crippen LogP) is -0.0533. The first kappa shape index (κ1) is 8.76. The summed E-state index contributed by atoms with van der Waals surface area (Å²) in [4.78, 5) is 7.16. The van der Waals surface area contributed by atoms with Crippen LogP contribution in [0, 0.1) is 11.5 Å². The van der Waals surface area contributed by atoms with Gasteiger partial charge < -0.3 is 9.80 Å². The molecule has 0 saturated carbocycles. The van der Waals surface area contributed by atoms with E-state index in [1.165, 1.54) is 0 Å². The topological polar surface area (TPSA) is 42.6 Å². The highest BCUT2D eigenvalue weighted by atomic mass is 15.3. The van der Waals surface area contributed by atoms with Gasteiger partial charge in [0.25, 0.3) is 0 Å². The van der Waals surface area contributed by atoms with Gasteiger partial charge >= 0.3 is 0 Å². The fourth-order valence-electron chi connectivity index (χ4n) is 0.645. The number of rotatable bonds is 0. The molecule has 0 atom stereocenters. The maximum absolute atomic E-state index is 8.24. The Hall–Kier alpha value is -1.24. The van der Waals surface area contributed by atoms with Crippen LogP contribution < -0.4 is 0 Å². The van der Waals surface area contributed by atoms with Crippen LogP contribution in [0.15, 0.2) is 4.99 Å². The molecule has 0 rings (SSSR count). The van der Waals surface area contributed by atoms with Crippen LogP contribution in [0.1, 0.15) is 0 Å². The molecule has 0 aromatic carbocycles. The van der Waals surface area contributed by atoms with Crippen LogP contribution in [-0.2, 0) is 0 Å². The Bertz CT molecular complexity index is 153. The molecule has 0 aromatic heterocycles. The van der Waals surface area contributed by atoms with E-state index in [1.54, 1.807) is 16.0 Å². The van der Waals surface area contributed by atoms with Gasteiger partial charge in [0, 0.05) is 28.2 Å². The van der Waals surface area contributed by atoms with Crippen LogP contribution in [0.2, 0.25) is 0 Å². The minimum atomic E-state index is 0.655. The van der Waals surface area contributed by atoms with Crippen molar-refractivity contribution in [2.24, 2.45) is 4.99 Å². The van der Waals surface area contributed by atoms with Gasteiger partial charge in [0.1, 0.15) is 0 Å².